The van der Waals surface area contributed by atoms with Crippen LogP contribution in [0.4, 0.5) is 0 Å². The molecule has 29 heavy (non-hydrogen) atoms. The van der Waals surface area contributed by atoms with Crippen molar-refractivity contribution in [2.45, 2.75) is 44.1 Å². The molecule has 1 aromatic heterocycles. The molecule has 1 aliphatic heterocycles. The molecule has 7 nitrogen and oxygen atoms in total. The average Bonchev–Trinajstić information content (AvgIpc) is 3.23. The van der Waals surface area contributed by atoms with Crippen LogP contribution in [0, 0.1) is 5.92 Å². The van der Waals surface area contributed by atoms with Gasteiger partial charge in [-0.25, -0.2) is 0 Å². The van der Waals surface area contributed by atoms with Gasteiger partial charge in [-0.15, -0.1) is 16.9 Å². The molecule has 156 valence electrons. The van der Waals surface area contributed by atoms with Gasteiger partial charge in [0, 0.05) is 36.9 Å². The second-order valence-electron chi connectivity index (χ2n) is 8.34. The van der Waals surface area contributed by atoms with E-state index in [1.807, 2.05) is 29.2 Å². The Morgan fingerprint density at radius 2 is 1.90 bits per heavy atom. The molecule has 1 aliphatic rings. The highest BCUT2D eigenvalue weighted by atomic mass is 32.2. The largest absolute Gasteiger partial charge is 0.355 e. The van der Waals surface area contributed by atoms with Crippen molar-refractivity contribution in [3.8, 4) is 0 Å². The monoisotopic (exact) mass is 415 g/mol. The first-order chi connectivity index (χ1) is 13.8. The number of thioether (sulfide) groups is 1. The number of benzene rings is 1. The van der Waals surface area contributed by atoms with Crippen LogP contribution in [-0.2, 0) is 10.2 Å². The van der Waals surface area contributed by atoms with E-state index in [0.717, 1.165) is 10.8 Å². The van der Waals surface area contributed by atoms with Gasteiger partial charge in [0.15, 0.2) is 0 Å². The van der Waals surface area contributed by atoms with Crippen molar-refractivity contribution >= 4 is 23.6 Å². The highest BCUT2D eigenvalue weighted by Gasteiger charge is 2.27. The van der Waals surface area contributed by atoms with Crippen LogP contribution in [0.15, 0.2) is 35.5 Å². The van der Waals surface area contributed by atoms with Crippen molar-refractivity contribution in [1.29, 1.82) is 0 Å². The third-order valence-corrected chi connectivity index (χ3v) is 6.10. The molecule has 2 N–H and O–H groups in total. The molecule has 0 spiro atoms. The van der Waals surface area contributed by atoms with Crippen LogP contribution in [0.1, 0.15) is 49.5 Å². The topological polar surface area (TPSA) is 91.0 Å². The number of aromatic nitrogens is 3. The molecule has 2 heterocycles. The van der Waals surface area contributed by atoms with Crippen LogP contribution in [0.5, 0.6) is 0 Å². The number of aromatic amines is 1. The molecule has 2 amide bonds. The number of H-pyrrole nitrogens is 1. The lowest BCUT2D eigenvalue weighted by Crippen LogP contribution is -2.43. The SMILES string of the molecule is CC(C)(C)c1ccc(C(=O)N2CCC(C(=O)NCCSc3cn[nH]n3)CC2)cc1. The van der Waals surface area contributed by atoms with Gasteiger partial charge < -0.3 is 10.2 Å². The second kappa shape index (κ2) is 9.43. The third-order valence-electron chi connectivity index (χ3n) is 5.19. The summed E-state index contributed by atoms with van der Waals surface area (Å²) >= 11 is 1.55. The van der Waals surface area contributed by atoms with Gasteiger partial charge in [0.25, 0.3) is 5.91 Å². The normalized spacial score (nSPS) is 15.3. The Hall–Kier alpha value is -2.35. The van der Waals surface area contributed by atoms with E-state index in [1.165, 1.54) is 5.56 Å². The smallest absolute Gasteiger partial charge is 0.253 e. The first kappa shape index (κ1) is 21.4. The van der Waals surface area contributed by atoms with Gasteiger partial charge in [-0.2, -0.15) is 10.3 Å². The number of hydrogen-bond donors (Lipinski definition) is 2. The number of hydrogen-bond acceptors (Lipinski definition) is 5. The highest BCUT2D eigenvalue weighted by Crippen LogP contribution is 2.24. The molecule has 1 fully saturated rings. The number of carbonyl (C=O) groups is 2. The lowest BCUT2D eigenvalue weighted by molar-refractivity contribution is -0.126. The van der Waals surface area contributed by atoms with Crippen molar-refractivity contribution in [2.75, 3.05) is 25.4 Å². The summed E-state index contributed by atoms with van der Waals surface area (Å²) in [6.07, 6.45) is 3.07. The molecule has 0 unspecified atom stereocenters. The minimum absolute atomic E-state index is 0.0284. The second-order valence-corrected chi connectivity index (χ2v) is 9.46. The lowest BCUT2D eigenvalue weighted by Gasteiger charge is -2.31. The van der Waals surface area contributed by atoms with Gasteiger partial charge >= 0.3 is 0 Å². The van der Waals surface area contributed by atoms with E-state index >= 15 is 0 Å². The maximum atomic E-state index is 12.8. The van der Waals surface area contributed by atoms with Crippen LogP contribution in [0.2, 0.25) is 0 Å². The molecule has 0 aliphatic carbocycles. The molecule has 3 rings (SSSR count). The Morgan fingerprint density at radius 3 is 2.48 bits per heavy atom. The van der Waals surface area contributed by atoms with Crippen molar-refractivity contribution in [1.82, 2.24) is 25.6 Å². The number of nitrogens with zero attached hydrogens (tertiary/aromatic N) is 3. The first-order valence-electron chi connectivity index (χ1n) is 10.0. The van der Waals surface area contributed by atoms with E-state index in [-0.39, 0.29) is 23.1 Å². The van der Waals surface area contributed by atoms with E-state index in [0.29, 0.717) is 38.0 Å². The quantitative estimate of drug-likeness (QED) is 0.559. The van der Waals surface area contributed by atoms with E-state index in [2.05, 4.69) is 41.5 Å². The maximum absolute atomic E-state index is 12.8. The number of carbonyl (C=O) groups excluding carboxylic acids is 2. The van der Waals surface area contributed by atoms with Crippen LogP contribution in [0.25, 0.3) is 0 Å². The minimum atomic E-state index is -0.0284. The predicted molar refractivity (Wildman–Crippen MR) is 114 cm³/mol. The summed E-state index contributed by atoms with van der Waals surface area (Å²) in [4.78, 5) is 27.0. The zero-order valence-corrected chi connectivity index (χ0v) is 18.1. The molecular weight excluding hydrogens is 386 g/mol. The standard InChI is InChI=1S/C21H29N5O2S/c1-21(2,3)17-6-4-16(5-7-17)20(28)26-11-8-15(9-12-26)19(27)22-10-13-29-18-14-23-25-24-18/h4-7,14-15H,8-13H2,1-3H3,(H,22,27)(H,23,24,25). The Balaban J connectivity index is 1.42. The van der Waals surface area contributed by atoms with E-state index in [4.69, 9.17) is 0 Å². The minimum Gasteiger partial charge on any atom is -0.355 e. The zero-order valence-electron chi connectivity index (χ0n) is 17.3. The number of nitrogens with one attached hydrogen (secondary N) is 2. The average molecular weight is 416 g/mol. The summed E-state index contributed by atoms with van der Waals surface area (Å²) in [6, 6.07) is 7.89. The lowest BCUT2D eigenvalue weighted by atomic mass is 9.86. The van der Waals surface area contributed by atoms with Gasteiger partial charge in [0.05, 0.1) is 6.20 Å². The van der Waals surface area contributed by atoms with E-state index < -0.39 is 0 Å². The molecule has 0 atom stereocenters. The van der Waals surface area contributed by atoms with Gasteiger partial charge in [-0.1, -0.05) is 32.9 Å². The van der Waals surface area contributed by atoms with Crippen molar-refractivity contribution in [3.05, 3.63) is 41.6 Å². The fraction of sp³-hybridized carbons (Fsp3) is 0.524. The fourth-order valence-corrected chi connectivity index (χ4v) is 4.02. The number of likely N-dealkylation sites (tertiary alicyclic amines) is 1. The maximum Gasteiger partial charge on any atom is 0.253 e. The van der Waals surface area contributed by atoms with Gasteiger partial charge in [0.2, 0.25) is 5.91 Å². The highest BCUT2D eigenvalue weighted by molar-refractivity contribution is 7.99. The molecule has 0 radical (unpaired) electrons. The zero-order chi connectivity index (χ0) is 20.9. The van der Waals surface area contributed by atoms with Crippen molar-refractivity contribution in [2.24, 2.45) is 5.92 Å². The van der Waals surface area contributed by atoms with Crippen molar-refractivity contribution in [3.63, 3.8) is 0 Å². The van der Waals surface area contributed by atoms with Crippen molar-refractivity contribution < 1.29 is 9.59 Å². The summed E-state index contributed by atoms with van der Waals surface area (Å²) in [5.74, 6) is 0.847. The van der Waals surface area contributed by atoms with Crippen LogP contribution in [0.3, 0.4) is 0 Å². The van der Waals surface area contributed by atoms with E-state index in [1.54, 1.807) is 18.0 Å². The summed E-state index contributed by atoms with van der Waals surface area (Å²) < 4.78 is 0. The Morgan fingerprint density at radius 1 is 1.21 bits per heavy atom. The van der Waals surface area contributed by atoms with Gasteiger partial charge in [-0.05, 0) is 36.0 Å². The summed E-state index contributed by atoms with van der Waals surface area (Å²) in [5, 5.41) is 14.1. The molecule has 8 heteroatoms. The third kappa shape index (κ3) is 5.82. The molecular formula is C21H29N5O2S. The van der Waals surface area contributed by atoms with Crippen LogP contribution >= 0.6 is 11.8 Å². The van der Waals surface area contributed by atoms with Crippen LogP contribution in [-0.4, -0.2) is 57.5 Å². The van der Waals surface area contributed by atoms with Gasteiger partial charge in [0.1, 0.15) is 5.03 Å². The molecule has 1 saturated heterocycles. The molecule has 0 saturated carbocycles. The fourth-order valence-electron chi connectivity index (χ4n) is 3.37. The number of amides is 2. The van der Waals surface area contributed by atoms with E-state index in [9.17, 15) is 9.59 Å². The number of rotatable bonds is 6. The molecule has 0 bridgehead atoms. The molecule has 2 aromatic rings. The van der Waals surface area contributed by atoms with Crippen LogP contribution < -0.4 is 5.32 Å². The summed E-state index contributed by atoms with van der Waals surface area (Å²) in [7, 11) is 0. The Kier molecular flexibility index (Phi) is 6.95. The first-order valence-corrected chi connectivity index (χ1v) is 11.0. The summed E-state index contributed by atoms with van der Waals surface area (Å²) in [5.41, 5.74) is 2.00. The molecule has 1 aromatic carbocycles. The van der Waals surface area contributed by atoms with Gasteiger partial charge in [-0.3, -0.25) is 9.59 Å². The summed E-state index contributed by atoms with van der Waals surface area (Å²) in [6.45, 7) is 8.30. The Labute approximate surface area is 176 Å². The number of piperidine rings is 1. The Bertz CT molecular complexity index is 807. The predicted octanol–water partition coefficient (Wildman–Crippen LogP) is 2.86.